The van der Waals surface area contributed by atoms with E-state index in [9.17, 15) is 33.6 Å². The van der Waals surface area contributed by atoms with Gasteiger partial charge in [0.1, 0.15) is 5.75 Å². The van der Waals surface area contributed by atoms with Crippen molar-refractivity contribution in [3.8, 4) is 5.75 Å². The Hall–Kier alpha value is -6.70. The minimum atomic E-state index is -1.04. The number of aryl methyl sites for hydroxylation is 3. The van der Waals surface area contributed by atoms with Crippen LogP contribution in [0, 0.1) is 37.5 Å². The number of ether oxygens (including phenoxy) is 3. The molecule has 2 saturated heterocycles. The van der Waals surface area contributed by atoms with E-state index < -0.39 is 65.2 Å². The molecule has 0 bridgehead atoms. The molecule has 1 N–H and O–H groups in total. The first-order chi connectivity index (χ1) is 28.4. The number of rotatable bonds is 17. The number of hydrogen-bond donors (Lipinski definition) is 1. The van der Waals surface area contributed by atoms with Crippen molar-refractivity contribution in [3.05, 3.63) is 119 Å². The maximum Gasteiger partial charge on any atom is 0.338 e. The molecule has 59 heavy (non-hydrogen) atoms. The lowest BCUT2D eigenvalue weighted by Crippen LogP contribution is -2.50. The number of amides is 4. The van der Waals surface area contributed by atoms with Crippen LogP contribution in [0.15, 0.2) is 85.2 Å². The van der Waals surface area contributed by atoms with Crippen molar-refractivity contribution in [2.75, 3.05) is 29.6 Å². The number of carbonyl (C=O) groups is 7. The highest BCUT2D eigenvalue weighted by Crippen LogP contribution is 2.57. The molecule has 3 heterocycles. The number of anilines is 2. The lowest BCUT2D eigenvalue weighted by atomic mass is 9.59. The van der Waals surface area contributed by atoms with E-state index >= 15 is 0 Å². The zero-order valence-corrected chi connectivity index (χ0v) is 32.6. The average molecular weight is 802 g/mol. The zero-order chi connectivity index (χ0) is 41.8. The molecule has 1 aromatic heterocycles. The summed E-state index contributed by atoms with van der Waals surface area (Å²) in [7, 11) is 0. The number of aromatic carboxylic acids is 1. The second kappa shape index (κ2) is 17.4. The fourth-order valence-electron chi connectivity index (χ4n) is 8.06. The van der Waals surface area contributed by atoms with Crippen LogP contribution in [0.2, 0.25) is 0 Å². The van der Waals surface area contributed by atoms with E-state index in [1.165, 1.54) is 24.3 Å². The SMILES string of the molecule is Cc1cc(C(=O)OCCCCCOc2ccc(C(=O)O)cc2)cc(N2C(=O)C3C(C2=O)C2C(=O)N(c4cc(C)cc(C(=O)OCCCCc5ccncc5)c4)C(=O)C32)c1. The number of hydrogen-bond acceptors (Lipinski definition) is 11. The topological polar surface area (TPSA) is 187 Å². The number of unbranched alkanes of at least 4 members (excludes halogenated alkanes) is 3. The molecule has 14 nitrogen and oxygen atoms in total. The Labute approximate surface area is 340 Å². The third-order valence-electron chi connectivity index (χ3n) is 10.9. The van der Waals surface area contributed by atoms with Crippen LogP contribution in [0.1, 0.15) is 79.9 Å². The Morgan fingerprint density at radius 3 is 1.51 bits per heavy atom. The van der Waals surface area contributed by atoms with Crippen molar-refractivity contribution in [3.63, 3.8) is 0 Å². The minimum Gasteiger partial charge on any atom is -0.494 e. The molecule has 2 aliphatic heterocycles. The molecule has 3 aliphatic rings. The summed E-state index contributed by atoms with van der Waals surface area (Å²) < 4.78 is 16.6. The molecule has 4 atom stereocenters. The first-order valence-electron chi connectivity index (χ1n) is 19.6. The Morgan fingerprint density at radius 2 is 1.03 bits per heavy atom. The van der Waals surface area contributed by atoms with Crippen LogP contribution in [0.5, 0.6) is 5.75 Å². The highest BCUT2D eigenvalue weighted by atomic mass is 16.5. The summed E-state index contributed by atoms with van der Waals surface area (Å²) >= 11 is 0. The molecule has 0 spiro atoms. The van der Waals surface area contributed by atoms with Gasteiger partial charge in [0.2, 0.25) is 23.6 Å². The third-order valence-corrected chi connectivity index (χ3v) is 10.9. The summed E-state index contributed by atoms with van der Waals surface area (Å²) in [5.41, 5.74) is 3.18. The molecule has 14 heteroatoms. The standard InChI is InChI=1S/C45H43N3O11/c1-26-20-30(44(55)58-18-6-3-5-17-57-34-11-9-29(10-12-34)43(53)54)24-32(22-26)47-39(49)35-36(40(47)50)38-37(35)41(51)48(42(38)52)33-23-27(2)21-31(25-33)45(56)59-19-7-4-8-28-13-15-46-16-14-28/h9-16,20-25,35-38H,3-8,17-19H2,1-2H3,(H,53,54). The van der Waals surface area contributed by atoms with Crippen molar-refractivity contribution < 1.29 is 52.9 Å². The second-order valence-corrected chi connectivity index (χ2v) is 15.1. The third kappa shape index (κ3) is 8.47. The summed E-state index contributed by atoms with van der Waals surface area (Å²) in [6.45, 7) is 4.16. The van der Waals surface area contributed by atoms with E-state index in [0.29, 0.717) is 49.2 Å². The van der Waals surface area contributed by atoms with Gasteiger partial charge in [0.25, 0.3) is 0 Å². The fraction of sp³-hybridized carbons (Fsp3) is 0.333. The van der Waals surface area contributed by atoms with Gasteiger partial charge in [-0.25, -0.2) is 24.2 Å². The summed E-state index contributed by atoms with van der Waals surface area (Å²) in [4.78, 5) is 98.5. The predicted octanol–water partition coefficient (Wildman–Crippen LogP) is 5.91. The van der Waals surface area contributed by atoms with E-state index in [4.69, 9.17) is 19.3 Å². The summed E-state index contributed by atoms with van der Waals surface area (Å²) in [6.07, 6.45) is 7.66. The van der Waals surface area contributed by atoms with Gasteiger partial charge in [-0.15, -0.1) is 0 Å². The molecule has 4 amide bonds. The average Bonchev–Trinajstić information content (AvgIpc) is 3.54. The van der Waals surface area contributed by atoms with E-state index in [2.05, 4.69) is 4.98 Å². The Morgan fingerprint density at radius 1 is 0.576 bits per heavy atom. The van der Waals surface area contributed by atoms with Gasteiger partial charge in [0.05, 0.1) is 71.6 Å². The van der Waals surface area contributed by atoms with E-state index in [1.807, 2.05) is 12.1 Å². The number of carboxylic acids is 1. The quantitative estimate of drug-likeness (QED) is 0.0757. The van der Waals surface area contributed by atoms with Gasteiger partial charge in [-0.2, -0.15) is 0 Å². The number of nitrogens with zero attached hydrogens (tertiary/aromatic N) is 3. The first kappa shape index (κ1) is 40.5. The van der Waals surface area contributed by atoms with Gasteiger partial charge in [-0.1, -0.05) is 0 Å². The van der Waals surface area contributed by atoms with Gasteiger partial charge in [-0.3, -0.25) is 24.2 Å². The van der Waals surface area contributed by atoms with Crippen molar-refractivity contribution in [2.45, 2.75) is 52.4 Å². The highest BCUT2D eigenvalue weighted by Gasteiger charge is 2.73. The van der Waals surface area contributed by atoms with E-state index in [1.54, 1.807) is 62.6 Å². The Kier molecular flexibility index (Phi) is 12.0. The van der Waals surface area contributed by atoms with Crippen LogP contribution < -0.4 is 14.5 Å². The smallest absolute Gasteiger partial charge is 0.338 e. The zero-order valence-electron chi connectivity index (χ0n) is 32.6. The van der Waals surface area contributed by atoms with Crippen LogP contribution in [0.4, 0.5) is 11.4 Å². The summed E-state index contributed by atoms with van der Waals surface area (Å²) in [6, 6.07) is 19.2. The maximum absolute atomic E-state index is 13.9. The minimum absolute atomic E-state index is 0.127. The molecule has 0 radical (unpaired) electrons. The highest BCUT2D eigenvalue weighted by molar-refractivity contribution is 6.32. The Balaban J connectivity index is 0.928. The second-order valence-electron chi connectivity index (χ2n) is 15.1. The molecule has 304 valence electrons. The molecule has 4 aromatic rings. The number of fused-ring (bicyclic) bond motifs is 4. The molecule has 7 rings (SSSR count). The van der Waals surface area contributed by atoms with Crippen LogP contribution in [0.3, 0.4) is 0 Å². The predicted molar refractivity (Wildman–Crippen MR) is 212 cm³/mol. The molecule has 1 saturated carbocycles. The Bertz CT molecular complexity index is 2270. The van der Waals surface area contributed by atoms with Gasteiger partial charge >= 0.3 is 17.9 Å². The molecule has 1 aliphatic carbocycles. The van der Waals surface area contributed by atoms with Crippen LogP contribution in [-0.2, 0) is 35.1 Å². The van der Waals surface area contributed by atoms with Gasteiger partial charge in [0.15, 0.2) is 0 Å². The molecular weight excluding hydrogens is 759 g/mol. The number of benzene rings is 3. The number of carbonyl (C=O) groups excluding carboxylic acids is 6. The van der Waals surface area contributed by atoms with Crippen molar-refractivity contribution >= 4 is 52.9 Å². The van der Waals surface area contributed by atoms with Crippen LogP contribution in [-0.4, -0.2) is 71.4 Å². The number of carboxylic acid groups (broad SMARTS) is 1. The van der Waals surface area contributed by atoms with Gasteiger partial charge in [-0.05, 0) is 142 Å². The molecule has 3 fully saturated rings. The number of imide groups is 2. The molecular formula is C45H43N3O11. The summed E-state index contributed by atoms with van der Waals surface area (Å²) in [5.74, 6) is -8.31. The van der Waals surface area contributed by atoms with E-state index in [0.717, 1.165) is 28.2 Å². The van der Waals surface area contributed by atoms with Gasteiger partial charge in [0, 0.05) is 12.4 Å². The van der Waals surface area contributed by atoms with E-state index in [-0.39, 0.29) is 41.3 Å². The first-order valence-corrected chi connectivity index (χ1v) is 19.6. The number of pyridine rings is 1. The van der Waals surface area contributed by atoms with Crippen molar-refractivity contribution in [2.24, 2.45) is 23.7 Å². The maximum atomic E-state index is 13.9. The normalized spacial score (nSPS) is 19.3. The number of esters is 2. The van der Waals surface area contributed by atoms with Gasteiger partial charge < -0.3 is 19.3 Å². The monoisotopic (exact) mass is 801 g/mol. The number of aromatic nitrogens is 1. The van der Waals surface area contributed by atoms with Crippen LogP contribution in [0.25, 0.3) is 0 Å². The largest absolute Gasteiger partial charge is 0.494 e. The lowest BCUT2D eigenvalue weighted by molar-refractivity contribution is -0.146. The fourth-order valence-corrected chi connectivity index (χ4v) is 8.06. The molecule has 3 aromatic carbocycles. The lowest BCUT2D eigenvalue weighted by Gasteiger charge is -2.36. The molecule has 4 unspecified atom stereocenters. The summed E-state index contributed by atoms with van der Waals surface area (Å²) in [5, 5.41) is 9.01. The van der Waals surface area contributed by atoms with Crippen molar-refractivity contribution in [1.82, 2.24) is 4.98 Å². The van der Waals surface area contributed by atoms with Crippen LogP contribution >= 0.6 is 0 Å². The van der Waals surface area contributed by atoms with Crippen molar-refractivity contribution in [1.29, 1.82) is 0 Å².